The Morgan fingerprint density at radius 1 is 1.67 bits per heavy atom. The van der Waals surface area contributed by atoms with Crippen LogP contribution in [0.4, 0.5) is 0 Å². The molecule has 1 aliphatic carbocycles. The third-order valence-corrected chi connectivity index (χ3v) is 2.60. The Kier molecular flexibility index (Phi) is 2.40. The second kappa shape index (κ2) is 3.11. The fourth-order valence-electron chi connectivity index (χ4n) is 0.914. The van der Waals surface area contributed by atoms with Gasteiger partial charge in [0.15, 0.2) is 0 Å². The van der Waals surface area contributed by atoms with Gasteiger partial charge in [0.1, 0.15) is 0 Å². The highest BCUT2D eigenvalue weighted by Gasteiger charge is 2.04. The molecule has 0 amide bonds. The maximum absolute atomic E-state index is 2.29. The van der Waals surface area contributed by atoms with Crippen molar-refractivity contribution in [1.29, 1.82) is 0 Å². The summed E-state index contributed by atoms with van der Waals surface area (Å²) in [6.07, 6.45) is 10.0. The van der Waals surface area contributed by atoms with E-state index >= 15 is 0 Å². The molecule has 1 atom stereocenters. The predicted octanol–water partition coefficient (Wildman–Crippen LogP) is 2.62. The molecule has 1 unspecified atom stereocenters. The van der Waals surface area contributed by atoms with Crippen molar-refractivity contribution in [2.75, 3.05) is 6.26 Å². The summed E-state index contributed by atoms with van der Waals surface area (Å²) in [6, 6.07) is 0. The van der Waals surface area contributed by atoms with Gasteiger partial charge in [0.05, 0.1) is 0 Å². The van der Waals surface area contributed by atoms with Crippen molar-refractivity contribution in [1.82, 2.24) is 0 Å². The zero-order chi connectivity index (χ0) is 6.69. The lowest BCUT2D eigenvalue weighted by Gasteiger charge is -2.05. The Hall–Kier alpha value is -0.170. The minimum atomic E-state index is 0.684. The quantitative estimate of drug-likeness (QED) is 0.568. The van der Waals surface area contributed by atoms with E-state index < -0.39 is 0 Å². The van der Waals surface area contributed by atoms with Crippen LogP contribution >= 0.6 is 11.8 Å². The van der Waals surface area contributed by atoms with E-state index in [2.05, 4.69) is 31.4 Å². The van der Waals surface area contributed by atoms with Crippen LogP contribution in [0.5, 0.6) is 0 Å². The molecular formula is C8H12S. The number of allylic oxidation sites excluding steroid dienone is 3. The molecule has 0 radical (unpaired) electrons. The van der Waals surface area contributed by atoms with Crippen molar-refractivity contribution in [3.63, 3.8) is 0 Å². The van der Waals surface area contributed by atoms with Crippen LogP contribution in [0.15, 0.2) is 23.8 Å². The van der Waals surface area contributed by atoms with Gasteiger partial charge in [-0.15, -0.1) is 0 Å². The largest absolute Gasteiger partial charge is 0.158 e. The lowest BCUT2D eigenvalue weighted by atomic mass is 10.2. The van der Waals surface area contributed by atoms with Crippen LogP contribution in [0.1, 0.15) is 13.3 Å². The van der Waals surface area contributed by atoms with Gasteiger partial charge in [-0.1, -0.05) is 18.2 Å². The van der Waals surface area contributed by atoms with Crippen molar-refractivity contribution in [3.05, 3.63) is 23.8 Å². The maximum atomic E-state index is 2.29. The van der Waals surface area contributed by atoms with E-state index in [1.165, 1.54) is 5.57 Å². The van der Waals surface area contributed by atoms with Crippen LogP contribution in [0.3, 0.4) is 0 Å². The molecule has 1 aliphatic rings. The van der Waals surface area contributed by atoms with Crippen LogP contribution in [-0.2, 0) is 0 Å². The first-order valence-electron chi connectivity index (χ1n) is 3.24. The molecule has 1 heteroatoms. The van der Waals surface area contributed by atoms with Gasteiger partial charge in [-0.25, -0.2) is 0 Å². The molecule has 0 heterocycles. The first-order chi connectivity index (χ1) is 4.34. The zero-order valence-corrected chi connectivity index (χ0v) is 6.74. The predicted molar refractivity (Wildman–Crippen MR) is 44.8 cm³/mol. The second-order valence-corrected chi connectivity index (χ2v) is 3.40. The van der Waals surface area contributed by atoms with E-state index in [0.29, 0.717) is 5.25 Å². The average molecular weight is 140 g/mol. The SMILES string of the molecule is CSC(C)C1=CCC=C1. The minimum Gasteiger partial charge on any atom is -0.158 e. The summed E-state index contributed by atoms with van der Waals surface area (Å²) >= 11 is 1.90. The molecular weight excluding hydrogens is 128 g/mol. The number of hydrogen-bond donors (Lipinski definition) is 0. The second-order valence-electron chi connectivity index (χ2n) is 2.22. The third-order valence-electron chi connectivity index (χ3n) is 1.62. The number of thioether (sulfide) groups is 1. The topological polar surface area (TPSA) is 0 Å². The van der Waals surface area contributed by atoms with Crippen LogP contribution in [0.25, 0.3) is 0 Å². The molecule has 0 aromatic rings. The molecule has 0 aliphatic heterocycles. The van der Waals surface area contributed by atoms with Crippen molar-refractivity contribution in [2.45, 2.75) is 18.6 Å². The Bertz CT molecular complexity index is 145. The molecule has 0 saturated carbocycles. The summed E-state index contributed by atoms with van der Waals surface area (Å²) in [4.78, 5) is 0. The molecule has 0 fully saturated rings. The monoisotopic (exact) mass is 140 g/mol. The molecule has 0 aromatic carbocycles. The van der Waals surface area contributed by atoms with E-state index in [-0.39, 0.29) is 0 Å². The molecule has 0 spiro atoms. The van der Waals surface area contributed by atoms with Gasteiger partial charge in [0, 0.05) is 5.25 Å². The molecule has 0 N–H and O–H groups in total. The Morgan fingerprint density at radius 3 is 2.89 bits per heavy atom. The highest BCUT2D eigenvalue weighted by Crippen LogP contribution is 2.21. The van der Waals surface area contributed by atoms with Crippen LogP contribution in [0.2, 0.25) is 0 Å². The molecule has 50 valence electrons. The fourth-order valence-corrected chi connectivity index (χ4v) is 1.36. The Labute approximate surface area is 61.0 Å². The fraction of sp³-hybridized carbons (Fsp3) is 0.500. The van der Waals surface area contributed by atoms with Crippen molar-refractivity contribution >= 4 is 11.8 Å². The van der Waals surface area contributed by atoms with Crippen LogP contribution in [-0.4, -0.2) is 11.5 Å². The first-order valence-corrected chi connectivity index (χ1v) is 4.53. The smallest absolute Gasteiger partial charge is 0.0263 e. The molecule has 0 bridgehead atoms. The lowest BCUT2D eigenvalue weighted by molar-refractivity contribution is 1.18. The summed E-state index contributed by atoms with van der Waals surface area (Å²) in [5, 5.41) is 0.684. The molecule has 9 heavy (non-hydrogen) atoms. The Balaban J connectivity index is 2.51. The highest BCUT2D eigenvalue weighted by atomic mass is 32.2. The molecule has 0 nitrogen and oxygen atoms in total. The lowest BCUT2D eigenvalue weighted by Crippen LogP contribution is -1.94. The summed E-state index contributed by atoms with van der Waals surface area (Å²) in [6.45, 7) is 2.24. The number of rotatable bonds is 2. The van der Waals surface area contributed by atoms with Gasteiger partial charge < -0.3 is 0 Å². The third kappa shape index (κ3) is 1.62. The van der Waals surface area contributed by atoms with Crippen LogP contribution in [0, 0.1) is 0 Å². The van der Waals surface area contributed by atoms with Gasteiger partial charge in [0.2, 0.25) is 0 Å². The van der Waals surface area contributed by atoms with Crippen molar-refractivity contribution in [3.8, 4) is 0 Å². The normalized spacial score (nSPS) is 20.0. The van der Waals surface area contributed by atoms with Gasteiger partial charge in [-0.2, -0.15) is 11.8 Å². The van der Waals surface area contributed by atoms with Crippen LogP contribution < -0.4 is 0 Å². The van der Waals surface area contributed by atoms with E-state index in [4.69, 9.17) is 0 Å². The standard InChI is InChI=1S/C8H12S/c1-7(9-2)8-5-3-4-6-8/h3,5-7H,4H2,1-2H3. The van der Waals surface area contributed by atoms with E-state index in [0.717, 1.165) is 6.42 Å². The summed E-state index contributed by atoms with van der Waals surface area (Å²) < 4.78 is 0. The van der Waals surface area contributed by atoms with E-state index in [1.54, 1.807) is 0 Å². The van der Waals surface area contributed by atoms with Crippen molar-refractivity contribution < 1.29 is 0 Å². The Morgan fingerprint density at radius 2 is 2.44 bits per heavy atom. The maximum Gasteiger partial charge on any atom is 0.0263 e. The summed E-state index contributed by atoms with van der Waals surface area (Å²) in [7, 11) is 0. The van der Waals surface area contributed by atoms with Gasteiger partial charge in [-0.3, -0.25) is 0 Å². The first kappa shape index (κ1) is 6.94. The summed E-state index contributed by atoms with van der Waals surface area (Å²) in [5.74, 6) is 0. The zero-order valence-electron chi connectivity index (χ0n) is 5.92. The molecule has 0 saturated heterocycles. The van der Waals surface area contributed by atoms with E-state index in [1.807, 2.05) is 11.8 Å². The van der Waals surface area contributed by atoms with Crippen molar-refractivity contribution in [2.24, 2.45) is 0 Å². The van der Waals surface area contributed by atoms with Gasteiger partial charge in [-0.05, 0) is 25.2 Å². The number of hydrogen-bond acceptors (Lipinski definition) is 1. The molecule has 0 aromatic heterocycles. The van der Waals surface area contributed by atoms with E-state index in [9.17, 15) is 0 Å². The highest BCUT2D eigenvalue weighted by molar-refractivity contribution is 7.99. The summed E-state index contributed by atoms with van der Waals surface area (Å²) in [5.41, 5.74) is 1.49. The van der Waals surface area contributed by atoms with Gasteiger partial charge in [0.25, 0.3) is 0 Å². The van der Waals surface area contributed by atoms with Gasteiger partial charge >= 0.3 is 0 Å². The average Bonchev–Trinajstić information content (AvgIpc) is 2.37. The molecule has 1 rings (SSSR count). The minimum absolute atomic E-state index is 0.684.